The fourth-order valence-corrected chi connectivity index (χ4v) is 2.56. The van der Waals surface area contributed by atoms with E-state index in [1.807, 2.05) is 19.1 Å². The number of hydrogen-bond acceptors (Lipinski definition) is 1. The average molecular weight is 408 g/mol. The monoisotopic (exact) mass is 407 g/mol. The van der Waals surface area contributed by atoms with Gasteiger partial charge in [-0.2, -0.15) is 0 Å². The zero-order chi connectivity index (χ0) is 14.7. The summed E-state index contributed by atoms with van der Waals surface area (Å²) in [6.07, 6.45) is 0. The molecule has 1 atom stereocenters. The van der Waals surface area contributed by atoms with Crippen LogP contribution in [0.3, 0.4) is 0 Å². The highest BCUT2D eigenvalue weighted by Gasteiger charge is 2.18. The van der Waals surface area contributed by atoms with Crippen LogP contribution in [0.1, 0.15) is 24.1 Å². The van der Waals surface area contributed by atoms with Gasteiger partial charge in [-0.1, -0.05) is 24.6 Å². The topological polar surface area (TPSA) is 12.0 Å². The van der Waals surface area contributed by atoms with Crippen LogP contribution >= 0.6 is 34.2 Å². The Kier molecular flexibility index (Phi) is 5.35. The first-order valence-corrected chi connectivity index (χ1v) is 7.62. The van der Waals surface area contributed by atoms with Gasteiger partial charge in [0, 0.05) is 9.13 Å². The Bertz CT molecular complexity index is 619. The third kappa shape index (κ3) is 3.48. The van der Waals surface area contributed by atoms with E-state index >= 15 is 0 Å². The largest absolute Gasteiger partial charge is 0.306 e. The van der Waals surface area contributed by atoms with E-state index < -0.39 is 17.7 Å². The molecule has 1 unspecified atom stereocenters. The van der Waals surface area contributed by atoms with E-state index in [1.165, 1.54) is 6.07 Å². The molecular weight excluding hydrogens is 395 g/mol. The molecule has 106 valence electrons. The third-order valence-corrected chi connectivity index (χ3v) is 4.53. The van der Waals surface area contributed by atoms with Gasteiger partial charge in [0.25, 0.3) is 0 Å². The smallest absolute Gasteiger partial charge is 0.128 e. The van der Waals surface area contributed by atoms with Crippen LogP contribution in [-0.2, 0) is 0 Å². The van der Waals surface area contributed by atoms with Gasteiger partial charge in [0.15, 0.2) is 0 Å². The van der Waals surface area contributed by atoms with Gasteiger partial charge in [-0.3, -0.25) is 0 Å². The summed E-state index contributed by atoms with van der Waals surface area (Å²) in [4.78, 5) is 0. The predicted molar refractivity (Wildman–Crippen MR) is 86.0 cm³/mol. The molecule has 1 N–H and O–H groups in total. The molecule has 2 aromatic rings. The molecule has 0 aliphatic carbocycles. The van der Waals surface area contributed by atoms with Crippen molar-refractivity contribution in [3.63, 3.8) is 0 Å². The summed E-state index contributed by atoms with van der Waals surface area (Å²) in [5.41, 5.74) is 1.09. The quantitative estimate of drug-likeness (QED) is 0.709. The Hall–Kier alpha value is -0.720. The highest BCUT2D eigenvalue weighted by Crippen LogP contribution is 2.29. The Morgan fingerprint density at radius 1 is 1.20 bits per heavy atom. The Morgan fingerprint density at radius 3 is 2.60 bits per heavy atom. The van der Waals surface area contributed by atoms with Crippen LogP contribution < -0.4 is 5.32 Å². The molecule has 0 saturated heterocycles. The van der Waals surface area contributed by atoms with Crippen molar-refractivity contribution in [1.82, 2.24) is 5.32 Å². The van der Waals surface area contributed by atoms with Crippen molar-refractivity contribution in [2.24, 2.45) is 0 Å². The molecule has 1 nitrogen and oxygen atoms in total. The zero-order valence-electron chi connectivity index (χ0n) is 10.8. The molecule has 0 fully saturated rings. The molecule has 0 amide bonds. The minimum atomic E-state index is -0.457. The summed E-state index contributed by atoms with van der Waals surface area (Å²) in [6, 6.07) is 8.55. The minimum Gasteiger partial charge on any atom is -0.306 e. The fraction of sp³-hybridized carbons (Fsp3) is 0.200. The van der Waals surface area contributed by atoms with E-state index in [2.05, 4.69) is 27.9 Å². The summed E-state index contributed by atoms with van der Waals surface area (Å²) in [5.74, 6) is -0.895. The van der Waals surface area contributed by atoms with Crippen molar-refractivity contribution in [3.8, 4) is 0 Å². The molecule has 0 heterocycles. The maximum absolute atomic E-state index is 14.0. The second kappa shape index (κ2) is 6.83. The normalized spacial score (nSPS) is 12.4. The van der Waals surface area contributed by atoms with Gasteiger partial charge in [0.1, 0.15) is 11.6 Å². The third-order valence-electron chi connectivity index (χ3n) is 2.95. The second-order valence-corrected chi connectivity index (χ2v) is 5.90. The lowest BCUT2D eigenvalue weighted by Gasteiger charge is -2.20. The van der Waals surface area contributed by atoms with Crippen LogP contribution in [0.2, 0.25) is 5.02 Å². The van der Waals surface area contributed by atoms with E-state index in [0.717, 1.165) is 21.3 Å². The van der Waals surface area contributed by atoms with Crippen LogP contribution in [0.25, 0.3) is 0 Å². The lowest BCUT2D eigenvalue weighted by Crippen LogP contribution is -2.23. The number of hydrogen-bond donors (Lipinski definition) is 1. The molecule has 0 aromatic heterocycles. The van der Waals surface area contributed by atoms with Crippen molar-refractivity contribution in [2.45, 2.75) is 13.0 Å². The maximum atomic E-state index is 14.0. The van der Waals surface area contributed by atoms with Crippen LogP contribution in [0.4, 0.5) is 8.78 Å². The molecule has 0 spiro atoms. The molecule has 20 heavy (non-hydrogen) atoms. The summed E-state index contributed by atoms with van der Waals surface area (Å²) in [6.45, 7) is 2.54. The first-order chi connectivity index (χ1) is 9.52. The SMILES string of the molecule is CCNC(c1ccc(I)c(Cl)c1)c1cc(F)ccc1F. The number of nitrogens with one attached hydrogen (secondary N) is 1. The Labute approximate surface area is 135 Å². The molecule has 2 rings (SSSR count). The van der Waals surface area contributed by atoms with Crippen LogP contribution in [0, 0.1) is 15.2 Å². The lowest BCUT2D eigenvalue weighted by atomic mass is 9.98. The molecule has 5 heteroatoms. The maximum Gasteiger partial charge on any atom is 0.128 e. The van der Waals surface area contributed by atoms with Crippen LogP contribution in [0.15, 0.2) is 36.4 Å². The van der Waals surface area contributed by atoms with Gasteiger partial charge in [0.2, 0.25) is 0 Å². The van der Waals surface area contributed by atoms with Crippen LogP contribution in [0.5, 0.6) is 0 Å². The summed E-state index contributed by atoms with van der Waals surface area (Å²) in [5, 5.41) is 3.76. The second-order valence-electron chi connectivity index (χ2n) is 4.33. The number of rotatable bonds is 4. The van der Waals surface area contributed by atoms with Gasteiger partial charge in [-0.25, -0.2) is 8.78 Å². The predicted octanol–water partition coefficient (Wildman–Crippen LogP) is 4.92. The van der Waals surface area contributed by atoms with Gasteiger partial charge in [0.05, 0.1) is 11.1 Å². The summed E-state index contributed by atoms with van der Waals surface area (Å²) in [7, 11) is 0. The van der Waals surface area contributed by atoms with Gasteiger partial charge in [-0.05, 0) is 65.0 Å². The molecule has 0 aliphatic rings. The first-order valence-electron chi connectivity index (χ1n) is 6.16. The van der Waals surface area contributed by atoms with E-state index in [4.69, 9.17) is 11.6 Å². The van der Waals surface area contributed by atoms with Crippen molar-refractivity contribution in [3.05, 3.63) is 67.8 Å². The molecular formula is C15H13ClF2IN. The molecule has 0 bridgehead atoms. The fourth-order valence-electron chi connectivity index (χ4n) is 2.04. The van der Waals surface area contributed by atoms with Crippen molar-refractivity contribution >= 4 is 34.2 Å². The van der Waals surface area contributed by atoms with Gasteiger partial charge in [-0.15, -0.1) is 0 Å². The first kappa shape index (κ1) is 15.7. The number of halogens is 4. The molecule has 0 radical (unpaired) electrons. The number of benzene rings is 2. The molecule has 2 aromatic carbocycles. The minimum absolute atomic E-state index is 0.282. The molecule has 0 aliphatic heterocycles. The standard InChI is InChI=1S/C15H13ClF2IN/c1-2-20-15(9-3-6-14(19)12(16)7-9)11-8-10(17)4-5-13(11)18/h3-8,15,20H,2H2,1H3. The van der Waals surface area contributed by atoms with Gasteiger partial charge < -0.3 is 5.32 Å². The Balaban J connectivity index is 2.49. The zero-order valence-corrected chi connectivity index (χ0v) is 13.7. The van der Waals surface area contributed by atoms with E-state index in [1.54, 1.807) is 6.07 Å². The van der Waals surface area contributed by atoms with Crippen molar-refractivity contribution < 1.29 is 8.78 Å². The highest BCUT2D eigenvalue weighted by molar-refractivity contribution is 14.1. The summed E-state index contributed by atoms with van der Waals surface area (Å²) < 4.78 is 28.3. The van der Waals surface area contributed by atoms with E-state index in [0.29, 0.717) is 11.6 Å². The van der Waals surface area contributed by atoms with E-state index in [9.17, 15) is 8.78 Å². The molecule has 0 saturated carbocycles. The Morgan fingerprint density at radius 2 is 1.95 bits per heavy atom. The van der Waals surface area contributed by atoms with Gasteiger partial charge >= 0.3 is 0 Å². The van der Waals surface area contributed by atoms with E-state index in [-0.39, 0.29) is 5.56 Å². The lowest BCUT2D eigenvalue weighted by molar-refractivity contribution is 0.545. The van der Waals surface area contributed by atoms with Crippen molar-refractivity contribution in [1.29, 1.82) is 0 Å². The van der Waals surface area contributed by atoms with Crippen LogP contribution in [-0.4, -0.2) is 6.54 Å². The average Bonchev–Trinajstić information content (AvgIpc) is 2.42. The summed E-state index contributed by atoms with van der Waals surface area (Å²) >= 11 is 8.24. The van der Waals surface area contributed by atoms with Crippen molar-refractivity contribution in [2.75, 3.05) is 6.54 Å². The highest BCUT2D eigenvalue weighted by atomic mass is 127.